The van der Waals surface area contributed by atoms with Gasteiger partial charge in [0.05, 0.1) is 5.69 Å². The Morgan fingerprint density at radius 1 is 0.462 bits per heavy atom. The first-order valence-corrected chi connectivity index (χ1v) is 13.6. The van der Waals surface area contributed by atoms with Crippen LogP contribution in [0.1, 0.15) is 6.92 Å². The Kier molecular flexibility index (Phi) is 4.83. The van der Waals surface area contributed by atoms with Crippen molar-refractivity contribution in [2.45, 2.75) is 13.5 Å². The van der Waals surface area contributed by atoms with Gasteiger partial charge in [0, 0.05) is 45.7 Å². The quantitative estimate of drug-likeness (QED) is 0.222. The van der Waals surface area contributed by atoms with E-state index in [-0.39, 0.29) is 0 Å². The first-order valence-electron chi connectivity index (χ1n) is 13.6. The maximum Gasteiger partial charge on any atom is 0.0702 e. The zero-order valence-corrected chi connectivity index (χ0v) is 21.7. The standard InChI is InChI=1S/C37H26N2/c1-2-39-36-15-9-8-14-30(36)34-21-32-29-18-16-25(35-19-17-26(23-38-35)24-10-4-3-5-11-24)20-31(29)27-12-6-7-13-28(27)33(32)22-37(34)39/h3-23H,2H2,1H3. The fraction of sp³-hybridized carbons (Fsp3) is 0.0541. The summed E-state index contributed by atoms with van der Waals surface area (Å²) in [7, 11) is 0. The van der Waals surface area contributed by atoms with Crippen molar-refractivity contribution in [3.63, 3.8) is 0 Å². The zero-order chi connectivity index (χ0) is 25.9. The number of aryl methyl sites for hydroxylation is 1. The lowest BCUT2D eigenvalue weighted by Crippen LogP contribution is -1.93. The molecular formula is C37H26N2. The number of nitrogens with zero attached hydrogens (tertiary/aromatic N) is 2. The van der Waals surface area contributed by atoms with Crippen molar-refractivity contribution in [2.24, 2.45) is 0 Å². The molecule has 2 aromatic heterocycles. The van der Waals surface area contributed by atoms with E-state index >= 15 is 0 Å². The number of hydrogen-bond acceptors (Lipinski definition) is 1. The van der Waals surface area contributed by atoms with E-state index in [1.807, 2.05) is 12.3 Å². The molecule has 0 radical (unpaired) electrons. The molecule has 8 aromatic rings. The van der Waals surface area contributed by atoms with Gasteiger partial charge in [0.1, 0.15) is 0 Å². The molecule has 2 nitrogen and oxygen atoms in total. The van der Waals surface area contributed by atoms with Gasteiger partial charge in [0.15, 0.2) is 0 Å². The van der Waals surface area contributed by atoms with Crippen LogP contribution in [0, 0.1) is 0 Å². The molecule has 0 amide bonds. The second-order valence-electron chi connectivity index (χ2n) is 10.3. The number of hydrogen-bond donors (Lipinski definition) is 0. The Hall–Kier alpha value is -4.95. The van der Waals surface area contributed by atoms with Gasteiger partial charge >= 0.3 is 0 Å². The molecule has 6 aromatic carbocycles. The van der Waals surface area contributed by atoms with Crippen LogP contribution in [-0.4, -0.2) is 9.55 Å². The molecule has 184 valence electrons. The van der Waals surface area contributed by atoms with E-state index in [2.05, 4.69) is 127 Å². The molecule has 0 spiro atoms. The van der Waals surface area contributed by atoms with Crippen LogP contribution < -0.4 is 0 Å². The third-order valence-corrected chi connectivity index (χ3v) is 8.21. The highest BCUT2D eigenvalue weighted by Crippen LogP contribution is 2.41. The van der Waals surface area contributed by atoms with E-state index in [1.165, 1.54) is 59.7 Å². The predicted octanol–water partition coefficient (Wildman–Crippen LogP) is 10.0. The highest BCUT2D eigenvalue weighted by Gasteiger charge is 2.15. The summed E-state index contributed by atoms with van der Waals surface area (Å²) in [5.41, 5.74) is 7.04. The molecule has 0 N–H and O–H groups in total. The van der Waals surface area contributed by atoms with Gasteiger partial charge in [-0.25, -0.2) is 0 Å². The highest BCUT2D eigenvalue weighted by molar-refractivity contribution is 6.29. The Labute approximate surface area is 226 Å². The first-order chi connectivity index (χ1) is 19.3. The SMILES string of the molecule is CCn1c2ccccc2c2cc3c4ccc(-c5ccc(-c6ccccc6)cn5)cc4c4ccccc4c3cc21. The monoisotopic (exact) mass is 498 g/mol. The zero-order valence-electron chi connectivity index (χ0n) is 21.7. The maximum absolute atomic E-state index is 4.86. The van der Waals surface area contributed by atoms with Crippen molar-refractivity contribution in [1.82, 2.24) is 9.55 Å². The minimum absolute atomic E-state index is 0.945. The molecule has 2 heteroatoms. The Bertz CT molecular complexity index is 2190. The third-order valence-electron chi connectivity index (χ3n) is 8.21. The van der Waals surface area contributed by atoms with Crippen LogP contribution in [0.15, 0.2) is 128 Å². The minimum Gasteiger partial charge on any atom is -0.341 e. The van der Waals surface area contributed by atoms with E-state index in [0.717, 1.165) is 23.4 Å². The summed E-state index contributed by atoms with van der Waals surface area (Å²) in [6.07, 6.45) is 1.98. The van der Waals surface area contributed by atoms with Gasteiger partial charge in [-0.3, -0.25) is 4.98 Å². The third kappa shape index (κ3) is 3.31. The average molecular weight is 499 g/mol. The van der Waals surface area contributed by atoms with Crippen molar-refractivity contribution in [3.05, 3.63) is 128 Å². The molecule has 0 atom stereocenters. The summed E-state index contributed by atoms with van der Waals surface area (Å²) in [6, 6.07) is 44.0. The van der Waals surface area contributed by atoms with Crippen molar-refractivity contribution in [1.29, 1.82) is 0 Å². The van der Waals surface area contributed by atoms with E-state index in [0.29, 0.717) is 0 Å². The molecule has 0 unspecified atom stereocenters. The summed E-state index contributed by atoms with van der Waals surface area (Å²) in [6.45, 7) is 3.18. The summed E-state index contributed by atoms with van der Waals surface area (Å²) in [4.78, 5) is 4.86. The molecule has 0 fully saturated rings. The van der Waals surface area contributed by atoms with E-state index in [4.69, 9.17) is 4.98 Å². The highest BCUT2D eigenvalue weighted by atomic mass is 15.0. The van der Waals surface area contributed by atoms with Crippen LogP contribution in [-0.2, 0) is 6.54 Å². The van der Waals surface area contributed by atoms with Gasteiger partial charge in [0.2, 0.25) is 0 Å². The number of benzene rings is 6. The second kappa shape index (κ2) is 8.54. The fourth-order valence-electron chi connectivity index (χ4n) is 6.36. The first kappa shape index (κ1) is 22.1. The molecule has 0 aliphatic rings. The Morgan fingerprint density at radius 2 is 1.10 bits per heavy atom. The van der Waals surface area contributed by atoms with Crippen LogP contribution >= 0.6 is 0 Å². The molecule has 0 bridgehead atoms. The maximum atomic E-state index is 4.86. The summed E-state index contributed by atoms with van der Waals surface area (Å²) in [5, 5.41) is 10.4. The van der Waals surface area contributed by atoms with Crippen LogP contribution in [0.2, 0.25) is 0 Å². The summed E-state index contributed by atoms with van der Waals surface area (Å²) >= 11 is 0. The topological polar surface area (TPSA) is 17.8 Å². The predicted molar refractivity (Wildman–Crippen MR) is 166 cm³/mol. The van der Waals surface area contributed by atoms with E-state index in [9.17, 15) is 0 Å². The number of para-hydroxylation sites is 1. The van der Waals surface area contributed by atoms with Gasteiger partial charge in [-0.05, 0) is 75.1 Å². The van der Waals surface area contributed by atoms with Gasteiger partial charge in [-0.15, -0.1) is 0 Å². The summed E-state index contributed by atoms with van der Waals surface area (Å²) < 4.78 is 2.44. The largest absolute Gasteiger partial charge is 0.341 e. The fourth-order valence-corrected chi connectivity index (χ4v) is 6.36. The molecule has 0 aliphatic carbocycles. The van der Waals surface area contributed by atoms with E-state index in [1.54, 1.807) is 0 Å². The van der Waals surface area contributed by atoms with Crippen molar-refractivity contribution >= 4 is 54.1 Å². The van der Waals surface area contributed by atoms with Gasteiger partial charge < -0.3 is 4.57 Å². The van der Waals surface area contributed by atoms with Crippen LogP contribution in [0.5, 0.6) is 0 Å². The normalized spacial score (nSPS) is 11.8. The lowest BCUT2D eigenvalue weighted by Gasteiger charge is -2.13. The van der Waals surface area contributed by atoms with Crippen molar-refractivity contribution in [3.8, 4) is 22.4 Å². The van der Waals surface area contributed by atoms with Gasteiger partial charge in [-0.1, -0.05) is 91.0 Å². The smallest absolute Gasteiger partial charge is 0.0702 e. The van der Waals surface area contributed by atoms with Crippen molar-refractivity contribution in [2.75, 3.05) is 0 Å². The van der Waals surface area contributed by atoms with Crippen LogP contribution in [0.25, 0.3) is 76.5 Å². The molecular weight excluding hydrogens is 472 g/mol. The molecule has 39 heavy (non-hydrogen) atoms. The molecule has 0 saturated heterocycles. The van der Waals surface area contributed by atoms with Crippen LogP contribution in [0.3, 0.4) is 0 Å². The Morgan fingerprint density at radius 3 is 1.85 bits per heavy atom. The average Bonchev–Trinajstić information content (AvgIpc) is 3.33. The molecule has 8 rings (SSSR count). The number of rotatable bonds is 3. The van der Waals surface area contributed by atoms with Crippen LogP contribution in [0.4, 0.5) is 0 Å². The lowest BCUT2D eigenvalue weighted by atomic mass is 9.91. The number of fused-ring (bicyclic) bond motifs is 9. The Balaban J connectivity index is 1.39. The van der Waals surface area contributed by atoms with Crippen molar-refractivity contribution < 1.29 is 0 Å². The molecule has 2 heterocycles. The minimum atomic E-state index is 0.945. The lowest BCUT2D eigenvalue weighted by molar-refractivity contribution is 0.827. The van der Waals surface area contributed by atoms with E-state index < -0.39 is 0 Å². The summed E-state index contributed by atoms with van der Waals surface area (Å²) in [5.74, 6) is 0. The molecule has 0 aliphatic heterocycles. The number of aromatic nitrogens is 2. The number of pyridine rings is 1. The van der Waals surface area contributed by atoms with Gasteiger partial charge in [0.25, 0.3) is 0 Å². The second-order valence-corrected chi connectivity index (χ2v) is 10.3. The molecule has 0 saturated carbocycles. The van der Waals surface area contributed by atoms with Gasteiger partial charge in [-0.2, -0.15) is 0 Å².